The van der Waals surface area contributed by atoms with E-state index in [-0.39, 0.29) is 11.3 Å². The van der Waals surface area contributed by atoms with Crippen LogP contribution in [0.1, 0.15) is 10.4 Å². The van der Waals surface area contributed by atoms with Crippen LogP contribution in [0.3, 0.4) is 0 Å². The van der Waals surface area contributed by atoms with E-state index < -0.39 is 27.3 Å². The molecule has 0 aliphatic heterocycles. The van der Waals surface area contributed by atoms with Crippen LogP contribution in [0.5, 0.6) is 11.5 Å². The van der Waals surface area contributed by atoms with Gasteiger partial charge in [0.25, 0.3) is 5.91 Å². The molecule has 0 aliphatic carbocycles. The second kappa shape index (κ2) is 5.57. The first-order valence-electron chi connectivity index (χ1n) is 5.03. The molecule has 1 aromatic rings. The summed E-state index contributed by atoms with van der Waals surface area (Å²) < 4.78 is 66.8. The molecule has 0 aromatic heterocycles. The summed E-state index contributed by atoms with van der Waals surface area (Å²) in [6.07, 6.45) is 0. The number of nitrogens with one attached hydrogen (secondary N) is 1. The summed E-state index contributed by atoms with van der Waals surface area (Å²) in [6.45, 7) is 0. The maximum Gasteiger partial charge on any atom is 0.534 e. The minimum absolute atomic E-state index is 0.0201. The molecule has 1 rings (SSSR count). The lowest BCUT2D eigenvalue weighted by atomic mass is 10.2. The van der Waals surface area contributed by atoms with Gasteiger partial charge in [0.1, 0.15) is 11.5 Å². The van der Waals surface area contributed by atoms with Crippen LogP contribution < -0.4 is 14.2 Å². The number of hydrogen-bond acceptors (Lipinski definition) is 5. The van der Waals surface area contributed by atoms with Gasteiger partial charge < -0.3 is 14.2 Å². The van der Waals surface area contributed by atoms with E-state index in [1.54, 1.807) is 0 Å². The van der Waals surface area contributed by atoms with E-state index in [2.05, 4.69) is 9.50 Å². The summed E-state index contributed by atoms with van der Waals surface area (Å²) in [4.78, 5) is 11.4. The summed E-state index contributed by atoms with van der Waals surface area (Å²) in [7, 11) is -3.25. The Labute approximate surface area is 112 Å². The Balaban J connectivity index is 3.15. The van der Waals surface area contributed by atoms with Crippen LogP contribution in [0.15, 0.2) is 18.2 Å². The molecular weight excluding hydrogens is 303 g/mol. The van der Waals surface area contributed by atoms with Crippen molar-refractivity contribution >= 4 is 16.0 Å². The lowest BCUT2D eigenvalue weighted by Crippen LogP contribution is -2.28. The van der Waals surface area contributed by atoms with Gasteiger partial charge in [0.2, 0.25) is 0 Å². The first-order chi connectivity index (χ1) is 9.12. The van der Waals surface area contributed by atoms with Gasteiger partial charge in [-0.1, -0.05) is 0 Å². The molecule has 0 fully saturated rings. The molecule has 1 aromatic carbocycles. The SMILES string of the molecule is CNC(=O)c1ccc(OS(=O)(=O)C(F)(F)F)cc1OC. The summed E-state index contributed by atoms with van der Waals surface area (Å²) in [5, 5.41) is 2.29. The molecule has 0 saturated heterocycles. The lowest BCUT2D eigenvalue weighted by Gasteiger charge is -2.12. The van der Waals surface area contributed by atoms with Crippen LogP contribution in [0.2, 0.25) is 0 Å². The minimum atomic E-state index is -5.77. The van der Waals surface area contributed by atoms with Crippen molar-refractivity contribution in [1.82, 2.24) is 5.32 Å². The minimum Gasteiger partial charge on any atom is -0.496 e. The zero-order valence-electron chi connectivity index (χ0n) is 10.3. The fourth-order valence-corrected chi connectivity index (χ4v) is 1.67. The van der Waals surface area contributed by atoms with Gasteiger partial charge in [-0.2, -0.15) is 21.6 Å². The third-order valence-corrected chi connectivity index (χ3v) is 3.11. The van der Waals surface area contributed by atoms with Gasteiger partial charge in [0.05, 0.1) is 12.7 Å². The van der Waals surface area contributed by atoms with Crippen molar-refractivity contribution < 1.29 is 35.3 Å². The van der Waals surface area contributed by atoms with Crippen LogP contribution in [0, 0.1) is 0 Å². The van der Waals surface area contributed by atoms with E-state index >= 15 is 0 Å². The van der Waals surface area contributed by atoms with Crippen molar-refractivity contribution in [2.75, 3.05) is 14.2 Å². The molecular formula is C10H10F3NO5S. The Morgan fingerprint density at radius 1 is 1.30 bits per heavy atom. The predicted molar refractivity (Wildman–Crippen MR) is 62.0 cm³/mol. The van der Waals surface area contributed by atoms with E-state index in [0.717, 1.165) is 18.2 Å². The number of amides is 1. The van der Waals surface area contributed by atoms with Crippen molar-refractivity contribution in [2.24, 2.45) is 0 Å². The summed E-state index contributed by atoms with van der Waals surface area (Å²) >= 11 is 0. The molecule has 112 valence electrons. The van der Waals surface area contributed by atoms with Crippen molar-refractivity contribution in [3.05, 3.63) is 23.8 Å². The van der Waals surface area contributed by atoms with Gasteiger partial charge in [0.15, 0.2) is 0 Å². The number of methoxy groups -OCH3 is 1. The Hall–Kier alpha value is -1.97. The smallest absolute Gasteiger partial charge is 0.496 e. The third kappa shape index (κ3) is 3.32. The molecule has 0 atom stereocenters. The molecule has 0 spiro atoms. The number of carbonyl (C=O) groups is 1. The molecule has 20 heavy (non-hydrogen) atoms. The molecule has 0 saturated carbocycles. The summed E-state index contributed by atoms with van der Waals surface area (Å²) in [5.74, 6) is -1.29. The highest BCUT2D eigenvalue weighted by Gasteiger charge is 2.48. The van der Waals surface area contributed by atoms with Gasteiger partial charge in [-0.3, -0.25) is 4.79 Å². The second-order valence-electron chi connectivity index (χ2n) is 3.42. The first kappa shape index (κ1) is 16.1. The lowest BCUT2D eigenvalue weighted by molar-refractivity contribution is -0.0500. The molecule has 1 N–H and O–H groups in total. The van der Waals surface area contributed by atoms with E-state index in [9.17, 15) is 26.4 Å². The fraction of sp³-hybridized carbons (Fsp3) is 0.300. The quantitative estimate of drug-likeness (QED) is 0.669. The van der Waals surface area contributed by atoms with Crippen LogP contribution >= 0.6 is 0 Å². The molecule has 0 unspecified atom stereocenters. The monoisotopic (exact) mass is 313 g/mol. The number of ether oxygens (including phenoxy) is 1. The number of benzene rings is 1. The van der Waals surface area contributed by atoms with Crippen LogP contribution in [-0.2, 0) is 10.1 Å². The highest BCUT2D eigenvalue weighted by atomic mass is 32.2. The molecule has 10 heteroatoms. The van der Waals surface area contributed by atoms with Crippen molar-refractivity contribution in [3.63, 3.8) is 0 Å². The topological polar surface area (TPSA) is 81.7 Å². The number of carbonyl (C=O) groups excluding carboxylic acids is 1. The van der Waals surface area contributed by atoms with E-state index in [1.165, 1.54) is 14.2 Å². The fourth-order valence-electron chi connectivity index (χ4n) is 1.22. The molecule has 0 heterocycles. The summed E-state index contributed by atoms with van der Waals surface area (Å²) in [6, 6.07) is 2.86. The van der Waals surface area contributed by atoms with E-state index in [1.807, 2.05) is 0 Å². The maximum atomic E-state index is 12.2. The van der Waals surface area contributed by atoms with Gasteiger partial charge in [-0.15, -0.1) is 0 Å². The molecule has 0 bridgehead atoms. The van der Waals surface area contributed by atoms with Crippen molar-refractivity contribution in [2.45, 2.75) is 5.51 Å². The normalized spacial score (nSPS) is 11.8. The molecule has 0 aliphatic rings. The van der Waals surface area contributed by atoms with Crippen LogP contribution in [0.4, 0.5) is 13.2 Å². The Bertz CT molecular complexity index is 612. The molecule has 6 nitrogen and oxygen atoms in total. The van der Waals surface area contributed by atoms with Crippen molar-refractivity contribution in [3.8, 4) is 11.5 Å². The maximum absolute atomic E-state index is 12.2. The van der Waals surface area contributed by atoms with Gasteiger partial charge >= 0.3 is 15.6 Å². The third-order valence-electron chi connectivity index (χ3n) is 2.13. The van der Waals surface area contributed by atoms with Crippen LogP contribution in [0.25, 0.3) is 0 Å². The highest BCUT2D eigenvalue weighted by Crippen LogP contribution is 2.30. The average Bonchev–Trinajstić information content (AvgIpc) is 2.35. The van der Waals surface area contributed by atoms with Crippen molar-refractivity contribution in [1.29, 1.82) is 0 Å². The Kier molecular flexibility index (Phi) is 4.48. The second-order valence-corrected chi connectivity index (χ2v) is 4.96. The largest absolute Gasteiger partial charge is 0.534 e. The summed E-state index contributed by atoms with van der Waals surface area (Å²) in [5.41, 5.74) is -5.52. The predicted octanol–water partition coefficient (Wildman–Crippen LogP) is 1.28. The zero-order chi connectivity index (χ0) is 15.6. The molecule has 1 amide bonds. The van der Waals surface area contributed by atoms with Crippen LogP contribution in [-0.4, -0.2) is 34.0 Å². The number of halogens is 3. The zero-order valence-corrected chi connectivity index (χ0v) is 11.1. The molecule has 0 radical (unpaired) electrons. The van der Waals surface area contributed by atoms with Gasteiger partial charge in [0, 0.05) is 13.1 Å². The highest BCUT2D eigenvalue weighted by molar-refractivity contribution is 7.88. The number of alkyl halides is 3. The standard InChI is InChI=1S/C10H10F3NO5S/c1-14-9(15)7-4-3-6(5-8(7)18-2)19-20(16,17)10(11,12)13/h3-5H,1-2H3,(H,14,15). The first-order valence-corrected chi connectivity index (χ1v) is 6.44. The van der Waals surface area contributed by atoms with Gasteiger partial charge in [-0.05, 0) is 12.1 Å². The average molecular weight is 313 g/mol. The Morgan fingerprint density at radius 2 is 1.90 bits per heavy atom. The number of rotatable bonds is 4. The van der Waals surface area contributed by atoms with Gasteiger partial charge in [-0.25, -0.2) is 0 Å². The Morgan fingerprint density at radius 3 is 2.35 bits per heavy atom. The van der Waals surface area contributed by atoms with E-state index in [0.29, 0.717) is 0 Å². The number of hydrogen-bond donors (Lipinski definition) is 1. The van der Waals surface area contributed by atoms with E-state index in [4.69, 9.17) is 4.74 Å².